The zero-order chi connectivity index (χ0) is 18.1. The third kappa shape index (κ3) is 6.17. The molecule has 1 aromatic rings. The number of nitrogens with one attached hydrogen (secondary N) is 2. The van der Waals surface area contributed by atoms with Crippen LogP contribution in [-0.2, 0) is 9.59 Å². The summed E-state index contributed by atoms with van der Waals surface area (Å²) in [4.78, 5) is 27.5. The Balaban J connectivity index is 2.63. The summed E-state index contributed by atoms with van der Waals surface area (Å²) in [7, 11) is 7.82. The molecule has 7 heteroatoms. The third-order valence-electron chi connectivity index (χ3n) is 3.70. The van der Waals surface area contributed by atoms with E-state index >= 15 is 0 Å². The Bertz CT molecular complexity index is 529. The maximum absolute atomic E-state index is 11.8. The molecule has 0 bridgehead atoms. The van der Waals surface area contributed by atoms with E-state index in [9.17, 15) is 9.59 Å². The predicted octanol–water partition coefficient (Wildman–Crippen LogP) is -0.0299. The van der Waals surface area contributed by atoms with Crippen LogP contribution in [0.3, 0.4) is 0 Å². The number of aliphatic hydroxyl groups excluding tert-OH is 1. The first kappa shape index (κ1) is 19.9. The quantitative estimate of drug-likeness (QED) is 0.459. The number of benzene rings is 1. The number of anilines is 1. The maximum atomic E-state index is 11.8. The normalized spacial score (nSPS) is 11.9. The highest BCUT2D eigenvalue weighted by atomic mass is 16.3. The van der Waals surface area contributed by atoms with Gasteiger partial charge in [-0.05, 0) is 38.2 Å². The Morgan fingerprint density at radius 1 is 1.04 bits per heavy atom. The van der Waals surface area contributed by atoms with Crippen LogP contribution in [0.1, 0.15) is 18.0 Å². The van der Waals surface area contributed by atoms with Crippen molar-refractivity contribution in [1.82, 2.24) is 15.5 Å². The molecule has 1 rings (SSSR count). The van der Waals surface area contributed by atoms with Crippen molar-refractivity contribution in [3.8, 4) is 0 Å². The molecule has 0 aliphatic rings. The minimum atomic E-state index is -0.677. The molecule has 134 valence electrons. The summed E-state index contributed by atoms with van der Waals surface area (Å²) < 4.78 is 0. The zero-order valence-corrected chi connectivity index (χ0v) is 14.9. The molecular formula is C17H28N4O3. The van der Waals surface area contributed by atoms with Crippen molar-refractivity contribution >= 4 is 17.5 Å². The molecule has 3 N–H and O–H groups in total. The van der Waals surface area contributed by atoms with Crippen molar-refractivity contribution < 1.29 is 14.7 Å². The summed E-state index contributed by atoms with van der Waals surface area (Å²) in [6.07, 6.45) is 0.428. The van der Waals surface area contributed by atoms with E-state index in [-0.39, 0.29) is 19.2 Å². The minimum absolute atomic E-state index is 0.0203. The Labute approximate surface area is 143 Å². The van der Waals surface area contributed by atoms with E-state index in [2.05, 4.69) is 10.6 Å². The molecule has 0 unspecified atom stereocenters. The number of hydrogen-bond donors (Lipinski definition) is 3. The van der Waals surface area contributed by atoms with Gasteiger partial charge in [0.1, 0.15) is 0 Å². The van der Waals surface area contributed by atoms with Crippen LogP contribution in [0, 0.1) is 0 Å². The summed E-state index contributed by atoms with van der Waals surface area (Å²) in [6.45, 7) is 0.597. The van der Waals surface area contributed by atoms with Gasteiger partial charge in [0.05, 0.1) is 6.04 Å². The highest BCUT2D eigenvalue weighted by Gasteiger charge is 2.18. The van der Waals surface area contributed by atoms with E-state index < -0.39 is 11.8 Å². The molecule has 1 aromatic carbocycles. The van der Waals surface area contributed by atoms with Crippen molar-refractivity contribution in [1.29, 1.82) is 0 Å². The van der Waals surface area contributed by atoms with Crippen LogP contribution < -0.4 is 15.5 Å². The van der Waals surface area contributed by atoms with Crippen molar-refractivity contribution in [2.75, 3.05) is 52.8 Å². The minimum Gasteiger partial charge on any atom is -0.396 e. The fourth-order valence-electron chi connectivity index (χ4n) is 2.22. The standard InChI is InChI=1S/C17H28N4O3/c1-20(2)14-8-6-13(7-9-14)15(21(3)4)12-19-17(24)16(23)18-10-5-11-22/h6-9,15,22H,5,10-12H2,1-4H3,(H,18,23)(H,19,24)/t15-/m0/s1. The molecule has 1 atom stereocenters. The molecule has 0 aromatic heterocycles. The number of aliphatic hydroxyl groups is 1. The van der Waals surface area contributed by atoms with Crippen LogP contribution in [0.4, 0.5) is 5.69 Å². The molecule has 0 saturated heterocycles. The van der Waals surface area contributed by atoms with Gasteiger partial charge >= 0.3 is 11.8 Å². The van der Waals surface area contributed by atoms with Gasteiger partial charge in [0.2, 0.25) is 0 Å². The van der Waals surface area contributed by atoms with E-state index in [0.717, 1.165) is 11.3 Å². The van der Waals surface area contributed by atoms with Crippen LogP contribution in [0.15, 0.2) is 24.3 Å². The monoisotopic (exact) mass is 336 g/mol. The van der Waals surface area contributed by atoms with E-state index in [1.165, 1.54) is 0 Å². The summed E-state index contributed by atoms with van der Waals surface area (Å²) in [5.74, 6) is -1.34. The highest BCUT2D eigenvalue weighted by molar-refractivity contribution is 6.35. The van der Waals surface area contributed by atoms with E-state index in [0.29, 0.717) is 13.0 Å². The molecule has 0 aliphatic heterocycles. The highest BCUT2D eigenvalue weighted by Crippen LogP contribution is 2.20. The third-order valence-corrected chi connectivity index (χ3v) is 3.70. The van der Waals surface area contributed by atoms with Gasteiger partial charge in [0.25, 0.3) is 0 Å². The van der Waals surface area contributed by atoms with Gasteiger partial charge in [-0.1, -0.05) is 12.1 Å². The average molecular weight is 336 g/mol. The lowest BCUT2D eigenvalue weighted by Crippen LogP contribution is -2.43. The number of hydrogen-bond acceptors (Lipinski definition) is 5. The summed E-state index contributed by atoms with van der Waals surface area (Å²) in [5.41, 5.74) is 2.16. The first-order valence-electron chi connectivity index (χ1n) is 7.97. The second kappa shape index (κ2) is 9.89. The number of nitrogens with zero attached hydrogens (tertiary/aromatic N) is 2. The number of carbonyl (C=O) groups excluding carboxylic acids is 2. The molecule has 0 saturated carbocycles. The van der Waals surface area contributed by atoms with Gasteiger partial charge in [0, 0.05) is 39.5 Å². The molecule has 24 heavy (non-hydrogen) atoms. The molecule has 0 fully saturated rings. The fourth-order valence-corrected chi connectivity index (χ4v) is 2.22. The summed E-state index contributed by atoms with van der Waals surface area (Å²) in [6, 6.07) is 8.06. The van der Waals surface area contributed by atoms with Crippen LogP contribution in [0.5, 0.6) is 0 Å². The summed E-state index contributed by atoms with van der Waals surface area (Å²) in [5, 5.41) is 13.8. The van der Waals surface area contributed by atoms with Crippen molar-refractivity contribution in [3.05, 3.63) is 29.8 Å². The smallest absolute Gasteiger partial charge is 0.309 e. The number of rotatable bonds is 8. The largest absolute Gasteiger partial charge is 0.396 e. The van der Waals surface area contributed by atoms with Crippen molar-refractivity contribution in [2.24, 2.45) is 0 Å². The van der Waals surface area contributed by atoms with Crippen LogP contribution >= 0.6 is 0 Å². The van der Waals surface area contributed by atoms with E-state index in [4.69, 9.17) is 5.11 Å². The Morgan fingerprint density at radius 2 is 1.62 bits per heavy atom. The second-order valence-electron chi connectivity index (χ2n) is 6.01. The molecule has 0 radical (unpaired) electrons. The summed E-state index contributed by atoms with van der Waals surface area (Å²) >= 11 is 0. The Hall–Kier alpha value is -2.12. The first-order valence-corrected chi connectivity index (χ1v) is 7.97. The topological polar surface area (TPSA) is 84.9 Å². The number of amides is 2. The zero-order valence-electron chi connectivity index (χ0n) is 14.9. The van der Waals surface area contributed by atoms with Crippen LogP contribution in [-0.4, -0.2) is 69.7 Å². The number of carbonyl (C=O) groups is 2. The van der Waals surface area contributed by atoms with Crippen molar-refractivity contribution in [3.63, 3.8) is 0 Å². The van der Waals surface area contributed by atoms with Gasteiger partial charge in [-0.2, -0.15) is 0 Å². The lowest BCUT2D eigenvalue weighted by atomic mass is 10.1. The second-order valence-corrected chi connectivity index (χ2v) is 6.01. The average Bonchev–Trinajstić information content (AvgIpc) is 2.55. The van der Waals surface area contributed by atoms with Crippen LogP contribution in [0.25, 0.3) is 0 Å². The van der Waals surface area contributed by atoms with Crippen molar-refractivity contribution in [2.45, 2.75) is 12.5 Å². The van der Waals surface area contributed by atoms with Gasteiger partial charge in [-0.15, -0.1) is 0 Å². The van der Waals surface area contributed by atoms with E-state index in [1.807, 2.05) is 62.3 Å². The maximum Gasteiger partial charge on any atom is 0.309 e. The number of likely N-dealkylation sites (N-methyl/N-ethyl adjacent to an activating group) is 1. The Morgan fingerprint density at radius 3 is 2.12 bits per heavy atom. The fraction of sp³-hybridized carbons (Fsp3) is 0.529. The molecule has 2 amide bonds. The first-order chi connectivity index (χ1) is 11.4. The SMILES string of the molecule is CN(C)c1ccc([C@H](CNC(=O)C(=O)NCCCO)N(C)C)cc1. The predicted molar refractivity (Wildman–Crippen MR) is 94.9 cm³/mol. The lowest BCUT2D eigenvalue weighted by Gasteiger charge is -2.25. The van der Waals surface area contributed by atoms with Gasteiger partial charge < -0.3 is 25.5 Å². The van der Waals surface area contributed by atoms with E-state index in [1.54, 1.807) is 0 Å². The van der Waals surface area contributed by atoms with Crippen LogP contribution in [0.2, 0.25) is 0 Å². The molecule has 0 spiro atoms. The Kier molecular flexibility index (Phi) is 8.21. The molecule has 0 aliphatic carbocycles. The van der Waals surface area contributed by atoms with Gasteiger partial charge in [-0.25, -0.2) is 0 Å². The van der Waals surface area contributed by atoms with Gasteiger partial charge in [0.15, 0.2) is 0 Å². The molecule has 7 nitrogen and oxygen atoms in total. The molecular weight excluding hydrogens is 308 g/mol. The lowest BCUT2D eigenvalue weighted by molar-refractivity contribution is -0.139. The molecule has 0 heterocycles. The van der Waals surface area contributed by atoms with Gasteiger partial charge in [-0.3, -0.25) is 9.59 Å².